The van der Waals surface area contributed by atoms with Gasteiger partial charge < -0.3 is 25.6 Å². The minimum Gasteiger partial charge on any atom is -0.497 e. The molecular weight excluding hydrogens is 420 g/mol. The quantitative estimate of drug-likeness (QED) is 0.698. The molecule has 2 aromatic rings. The average Bonchev–Trinajstić information content (AvgIpc) is 3.26. The molecule has 8 nitrogen and oxygen atoms in total. The standard InChI is InChI=1S/C25H32N4O4/c1-25(2,3)19-10-8-17(9-11-19)23(31)28-14-15-29(22(28)21(30)27-13-12-26)24(32)18-6-5-7-20(16-18)33-4/h5-11,16,22H,12-15,26H2,1-4H3,(H,27,30). The van der Waals surface area contributed by atoms with Crippen molar-refractivity contribution in [3.05, 3.63) is 65.2 Å². The number of benzene rings is 2. The van der Waals surface area contributed by atoms with Gasteiger partial charge in [-0.3, -0.25) is 14.4 Å². The van der Waals surface area contributed by atoms with Gasteiger partial charge in [-0.2, -0.15) is 0 Å². The van der Waals surface area contributed by atoms with E-state index in [0.717, 1.165) is 5.56 Å². The number of methoxy groups -OCH3 is 1. The molecule has 0 spiro atoms. The van der Waals surface area contributed by atoms with Crippen LogP contribution in [0.1, 0.15) is 47.1 Å². The van der Waals surface area contributed by atoms with E-state index in [0.29, 0.717) is 16.9 Å². The van der Waals surface area contributed by atoms with E-state index in [-0.39, 0.29) is 43.4 Å². The highest BCUT2D eigenvalue weighted by atomic mass is 16.5. The highest BCUT2D eigenvalue weighted by molar-refractivity contribution is 6.02. The predicted octanol–water partition coefficient (Wildman–Crippen LogP) is 1.99. The number of nitrogens with zero attached hydrogens (tertiary/aromatic N) is 2. The molecule has 3 amide bonds. The minimum atomic E-state index is -1.06. The summed E-state index contributed by atoms with van der Waals surface area (Å²) < 4.78 is 5.22. The van der Waals surface area contributed by atoms with Gasteiger partial charge in [0.2, 0.25) is 0 Å². The molecule has 1 aliphatic heterocycles. The van der Waals surface area contributed by atoms with E-state index < -0.39 is 12.1 Å². The lowest BCUT2D eigenvalue weighted by Gasteiger charge is -2.29. The molecule has 0 radical (unpaired) electrons. The molecule has 0 aromatic heterocycles. The Labute approximate surface area is 194 Å². The third-order valence-electron chi connectivity index (χ3n) is 5.69. The molecule has 33 heavy (non-hydrogen) atoms. The molecule has 0 saturated carbocycles. The second-order valence-corrected chi connectivity index (χ2v) is 9.01. The van der Waals surface area contributed by atoms with Crippen LogP contribution in [0.4, 0.5) is 0 Å². The van der Waals surface area contributed by atoms with Gasteiger partial charge in [0, 0.05) is 37.3 Å². The molecule has 1 saturated heterocycles. The third kappa shape index (κ3) is 5.34. The summed E-state index contributed by atoms with van der Waals surface area (Å²) in [4.78, 5) is 42.5. The van der Waals surface area contributed by atoms with E-state index in [1.807, 2.05) is 12.1 Å². The van der Waals surface area contributed by atoms with Crippen LogP contribution < -0.4 is 15.8 Å². The van der Waals surface area contributed by atoms with Crippen LogP contribution in [0.25, 0.3) is 0 Å². The Morgan fingerprint density at radius 3 is 2.15 bits per heavy atom. The van der Waals surface area contributed by atoms with Crippen molar-refractivity contribution in [2.75, 3.05) is 33.3 Å². The summed E-state index contributed by atoms with van der Waals surface area (Å²) in [6.07, 6.45) is -1.06. The highest BCUT2D eigenvalue weighted by Gasteiger charge is 2.43. The molecule has 3 N–H and O–H groups in total. The van der Waals surface area contributed by atoms with E-state index >= 15 is 0 Å². The monoisotopic (exact) mass is 452 g/mol. The van der Waals surface area contributed by atoms with E-state index in [1.165, 1.54) is 16.9 Å². The molecule has 8 heteroatoms. The van der Waals surface area contributed by atoms with Crippen LogP contribution in [-0.2, 0) is 10.2 Å². The van der Waals surface area contributed by atoms with Crippen LogP contribution in [-0.4, -0.2) is 67.0 Å². The number of carbonyl (C=O) groups is 3. The Kier molecular flexibility index (Phi) is 7.38. The zero-order valence-electron chi connectivity index (χ0n) is 19.6. The number of nitrogens with two attached hydrogens (primary N) is 1. The number of amides is 3. The van der Waals surface area contributed by atoms with Gasteiger partial charge in [-0.1, -0.05) is 39.0 Å². The van der Waals surface area contributed by atoms with E-state index in [9.17, 15) is 14.4 Å². The van der Waals surface area contributed by atoms with Crippen molar-refractivity contribution < 1.29 is 19.1 Å². The van der Waals surface area contributed by atoms with E-state index in [4.69, 9.17) is 10.5 Å². The SMILES string of the molecule is COc1cccc(C(=O)N2CCN(C(=O)c3ccc(C(C)(C)C)cc3)C2C(=O)NCCN)c1. The lowest BCUT2D eigenvalue weighted by molar-refractivity contribution is -0.128. The maximum Gasteiger partial charge on any atom is 0.263 e. The Balaban J connectivity index is 1.90. The number of ether oxygens (including phenoxy) is 1. The first kappa shape index (κ1) is 24.3. The Morgan fingerprint density at radius 2 is 1.61 bits per heavy atom. The predicted molar refractivity (Wildman–Crippen MR) is 126 cm³/mol. The molecule has 1 aliphatic rings. The number of carbonyl (C=O) groups excluding carboxylic acids is 3. The fourth-order valence-corrected chi connectivity index (χ4v) is 3.82. The van der Waals surface area contributed by atoms with Crippen molar-refractivity contribution >= 4 is 17.7 Å². The summed E-state index contributed by atoms with van der Waals surface area (Å²) in [5.74, 6) is -0.547. The second-order valence-electron chi connectivity index (χ2n) is 9.01. The van der Waals surface area contributed by atoms with E-state index in [2.05, 4.69) is 26.1 Å². The van der Waals surface area contributed by atoms with Crippen LogP contribution in [0.2, 0.25) is 0 Å². The summed E-state index contributed by atoms with van der Waals surface area (Å²) in [6, 6.07) is 14.1. The summed E-state index contributed by atoms with van der Waals surface area (Å²) in [5.41, 5.74) is 7.45. The van der Waals surface area contributed by atoms with Crippen molar-refractivity contribution in [3.63, 3.8) is 0 Å². The molecule has 1 fully saturated rings. The van der Waals surface area contributed by atoms with Crippen LogP contribution in [0.5, 0.6) is 5.75 Å². The van der Waals surface area contributed by atoms with Crippen molar-refractivity contribution in [2.45, 2.75) is 32.4 Å². The smallest absolute Gasteiger partial charge is 0.263 e. The van der Waals surface area contributed by atoms with Gasteiger partial charge in [-0.05, 0) is 41.3 Å². The first-order valence-corrected chi connectivity index (χ1v) is 11.0. The van der Waals surface area contributed by atoms with Crippen molar-refractivity contribution in [3.8, 4) is 5.75 Å². The molecule has 1 unspecified atom stereocenters. The Hall–Kier alpha value is -3.39. The van der Waals surface area contributed by atoms with Gasteiger partial charge in [0.15, 0.2) is 6.17 Å². The first-order chi connectivity index (χ1) is 15.7. The summed E-state index contributed by atoms with van der Waals surface area (Å²) >= 11 is 0. The molecular formula is C25H32N4O4. The van der Waals surface area contributed by atoms with Gasteiger partial charge in [0.25, 0.3) is 17.7 Å². The molecule has 0 bridgehead atoms. The van der Waals surface area contributed by atoms with Crippen LogP contribution in [0, 0.1) is 0 Å². The Morgan fingerprint density at radius 1 is 1.00 bits per heavy atom. The normalized spacial score (nSPS) is 16.0. The minimum absolute atomic E-state index is 0.0418. The largest absolute Gasteiger partial charge is 0.497 e. The summed E-state index contributed by atoms with van der Waals surface area (Å²) in [6.45, 7) is 7.29. The van der Waals surface area contributed by atoms with Gasteiger partial charge in [-0.15, -0.1) is 0 Å². The lowest BCUT2D eigenvalue weighted by Crippen LogP contribution is -2.54. The topological polar surface area (TPSA) is 105 Å². The molecule has 2 aromatic carbocycles. The maximum atomic E-state index is 13.4. The molecule has 1 atom stereocenters. The molecule has 176 valence electrons. The third-order valence-corrected chi connectivity index (χ3v) is 5.69. The maximum absolute atomic E-state index is 13.4. The second kappa shape index (κ2) is 10.0. The van der Waals surface area contributed by atoms with Gasteiger partial charge >= 0.3 is 0 Å². The van der Waals surface area contributed by atoms with Gasteiger partial charge in [-0.25, -0.2) is 0 Å². The molecule has 0 aliphatic carbocycles. The van der Waals surface area contributed by atoms with Gasteiger partial charge in [0.05, 0.1) is 7.11 Å². The van der Waals surface area contributed by atoms with Crippen LogP contribution >= 0.6 is 0 Å². The fraction of sp³-hybridized carbons (Fsp3) is 0.400. The van der Waals surface area contributed by atoms with Crippen LogP contribution in [0.3, 0.4) is 0 Å². The van der Waals surface area contributed by atoms with Crippen LogP contribution in [0.15, 0.2) is 48.5 Å². The number of nitrogens with one attached hydrogen (secondary N) is 1. The zero-order chi connectivity index (χ0) is 24.2. The number of hydrogen-bond acceptors (Lipinski definition) is 5. The van der Waals surface area contributed by atoms with Crippen molar-refractivity contribution in [2.24, 2.45) is 5.73 Å². The summed E-state index contributed by atoms with van der Waals surface area (Å²) in [5, 5.41) is 2.72. The van der Waals surface area contributed by atoms with Gasteiger partial charge in [0.1, 0.15) is 5.75 Å². The number of hydrogen-bond donors (Lipinski definition) is 2. The zero-order valence-corrected chi connectivity index (χ0v) is 19.6. The average molecular weight is 453 g/mol. The van der Waals surface area contributed by atoms with Crippen molar-refractivity contribution in [1.82, 2.24) is 15.1 Å². The first-order valence-electron chi connectivity index (χ1n) is 11.0. The Bertz CT molecular complexity index is 1010. The number of rotatable bonds is 6. The molecule has 1 heterocycles. The van der Waals surface area contributed by atoms with Crippen molar-refractivity contribution in [1.29, 1.82) is 0 Å². The lowest BCUT2D eigenvalue weighted by atomic mass is 9.86. The molecule has 3 rings (SSSR count). The van der Waals surface area contributed by atoms with E-state index in [1.54, 1.807) is 36.4 Å². The summed E-state index contributed by atoms with van der Waals surface area (Å²) in [7, 11) is 1.52. The highest BCUT2D eigenvalue weighted by Crippen LogP contribution is 2.25. The fourth-order valence-electron chi connectivity index (χ4n) is 3.82.